The van der Waals surface area contributed by atoms with Crippen molar-refractivity contribution >= 4 is 29.2 Å². The molecule has 1 atom stereocenters. The van der Waals surface area contributed by atoms with E-state index in [4.69, 9.17) is 25.5 Å². The highest BCUT2D eigenvalue weighted by molar-refractivity contribution is 6.33. The Kier molecular flexibility index (Phi) is 6.16. The first-order valence-corrected chi connectivity index (χ1v) is 10.0. The number of carbonyl (C=O) groups excluding carboxylic acids is 2. The summed E-state index contributed by atoms with van der Waals surface area (Å²) in [6.07, 6.45) is 1.88. The van der Waals surface area contributed by atoms with Crippen LogP contribution in [0, 0.1) is 0 Å². The molecule has 30 heavy (non-hydrogen) atoms. The standard InChI is InChI=1S/C23H20ClNO5/c24-19-6-2-1-5-18(19)20-11-12-21(30-20)22(26)25-16-9-7-15(8-10-16)23(27)29-14-17-4-3-13-28-17/h1-2,5-12,17H,3-4,13-14H2,(H,25,26). The molecule has 154 valence electrons. The monoisotopic (exact) mass is 425 g/mol. The molecule has 0 aliphatic carbocycles. The summed E-state index contributed by atoms with van der Waals surface area (Å²) in [6.45, 7) is 0.968. The van der Waals surface area contributed by atoms with E-state index in [1.807, 2.05) is 18.2 Å². The maximum absolute atomic E-state index is 12.5. The normalized spacial score (nSPS) is 15.7. The van der Waals surface area contributed by atoms with Gasteiger partial charge in [-0.1, -0.05) is 23.7 Å². The van der Waals surface area contributed by atoms with Crippen LogP contribution in [0.3, 0.4) is 0 Å². The molecule has 2 aromatic carbocycles. The van der Waals surface area contributed by atoms with Crippen molar-refractivity contribution in [2.75, 3.05) is 18.5 Å². The minimum absolute atomic E-state index is 0.0172. The molecule has 1 unspecified atom stereocenters. The Bertz CT molecular complexity index is 1040. The molecule has 0 spiro atoms. The highest BCUT2D eigenvalue weighted by Crippen LogP contribution is 2.29. The lowest BCUT2D eigenvalue weighted by atomic mass is 10.2. The lowest BCUT2D eigenvalue weighted by molar-refractivity contribution is 0.0161. The zero-order valence-corrected chi connectivity index (χ0v) is 16.9. The molecule has 1 aromatic heterocycles. The number of anilines is 1. The molecule has 1 fully saturated rings. The van der Waals surface area contributed by atoms with Gasteiger partial charge >= 0.3 is 5.97 Å². The second-order valence-electron chi connectivity index (χ2n) is 6.91. The topological polar surface area (TPSA) is 77.8 Å². The predicted molar refractivity (Wildman–Crippen MR) is 113 cm³/mol. The van der Waals surface area contributed by atoms with E-state index in [1.54, 1.807) is 42.5 Å². The van der Waals surface area contributed by atoms with E-state index < -0.39 is 11.9 Å². The van der Waals surface area contributed by atoms with Gasteiger partial charge in [0, 0.05) is 17.9 Å². The molecular weight excluding hydrogens is 406 g/mol. The van der Waals surface area contributed by atoms with E-state index in [9.17, 15) is 9.59 Å². The molecule has 0 saturated carbocycles. The molecule has 1 amide bonds. The van der Waals surface area contributed by atoms with Crippen molar-refractivity contribution in [3.63, 3.8) is 0 Å². The van der Waals surface area contributed by atoms with Gasteiger partial charge in [-0.15, -0.1) is 0 Å². The summed E-state index contributed by atoms with van der Waals surface area (Å²) in [6, 6.07) is 17.0. The third kappa shape index (κ3) is 4.72. The third-order valence-corrected chi connectivity index (χ3v) is 5.10. The second-order valence-corrected chi connectivity index (χ2v) is 7.32. The average molecular weight is 426 g/mol. The van der Waals surface area contributed by atoms with Crippen LogP contribution in [0.15, 0.2) is 65.1 Å². The van der Waals surface area contributed by atoms with Gasteiger partial charge in [0.05, 0.1) is 16.7 Å². The number of hydrogen-bond acceptors (Lipinski definition) is 5. The van der Waals surface area contributed by atoms with E-state index in [0.29, 0.717) is 34.2 Å². The number of halogens is 1. The summed E-state index contributed by atoms with van der Waals surface area (Å²) >= 11 is 6.17. The number of hydrogen-bond donors (Lipinski definition) is 1. The molecule has 6 nitrogen and oxygen atoms in total. The van der Waals surface area contributed by atoms with Crippen molar-refractivity contribution in [2.45, 2.75) is 18.9 Å². The lowest BCUT2D eigenvalue weighted by Crippen LogP contribution is -2.18. The Morgan fingerprint density at radius 2 is 1.87 bits per heavy atom. The molecule has 0 bridgehead atoms. The molecular formula is C23H20ClNO5. The fourth-order valence-corrected chi connectivity index (χ4v) is 3.40. The Hall–Kier alpha value is -3.09. The summed E-state index contributed by atoms with van der Waals surface area (Å²) in [7, 11) is 0. The molecule has 1 N–H and O–H groups in total. The quantitative estimate of drug-likeness (QED) is 0.550. The van der Waals surface area contributed by atoms with Gasteiger partial charge in [0.25, 0.3) is 5.91 Å². The summed E-state index contributed by atoms with van der Waals surface area (Å²) in [5, 5.41) is 3.29. The number of ether oxygens (including phenoxy) is 2. The maximum Gasteiger partial charge on any atom is 0.338 e. The summed E-state index contributed by atoms with van der Waals surface area (Å²) in [4.78, 5) is 24.6. The van der Waals surface area contributed by atoms with Crippen LogP contribution in [-0.2, 0) is 9.47 Å². The van der Waals surface area contributed by atoms with Crippen molar-refractivity contribution in [2.24, 2.45) is 0 Å². The van der Waals surface area contributed by atoms with Crippen molar-refractivity contribution < 1.29 is 23.5 Å². The van der Waals surface area contributed by atoms with E-state index in [0.717, 1.165) is 12.8 Å². The van der Waals surface area contributed by atoms with E-state index >= 15 is 0 Å². The number of nitrogens with one attached hydrogen (secondary N) is 1. The molecule has 7 heteroatoms. The summed E-state index contributed by atoms with van der Waals surface area (Å²) < 4.78 is 16.4. The van der Waals surface area contributed by atoms with Crippen LogP contribution in [0.5, 0.6) is 0 Å². The van der Waals surface area contributed by atoms with Crippen LogP contribution in [0.4, 0.5) is 5.69 Å². The summed E-state index contributed by atoms with van der Waals surface area (Å²) in [5.41, 5.74) is 1.65. The van der Waals surface area contributed by atoms with Crippen molar-refractivity contribution in [3.05, 3.63) is 77.0 Å². The van der Waals surface area contributed by atoms with Crippen LogP contribution >= 0.6 is 11.6 Å². The molecule has 3 aromatic rings. The van der Waals surface area contributed by atoms with Crippen LogP contribution in [0.2, 0.25) is 5.02 Å². The first-order chi connectivity index (χ1) is 14.6. The minimum atomic E-state index is -0.418. The highest BCUT2D eigenvalue weighted by Gasteiger charge is 2.18. The molecule has 2 heterocycles. The molecule has 1 aliphatic rings. The van der Waals surface area contributed by atoms with Gasteiger partial charge in [0.1, 0.15) is 12.4 Å². The second kappa shape index (κ2) is 9.15. The zero-order valence-electron chi connectivity index (χ0n) is 16.1. The van der Waals surface area contributed by atoms with Crippen LogP contribution in [-0.4, -0.2) is 31.2 Å². The SMILES string of the molecule is O=C(OCC1CCCO1)c1ccc(NC(=O)c2ccc(-c3ccccc3Cl)o2)cc1. The van der Waals surface area contributed by atoms with Gasteiger partial charge < -0.3 is 19.2 Å². The van der Waals surface area contributed by atoms with Crippen molar-refractivity contribution in [1.29, 1.82) is 0 Å². The number of rotatable bonds is 6. The number of esters is 1. The van der Waals surface area contributed by atoms with E-state index in [1.165, 1.54) is 0 Å². The fourth-order valence-electron chi connectivity index (χ4n) is 3.18. The van der Waals surface area contributed by atoms with E-state index in [-0.39, 0.29) is 18.5 Å². The molecule has 1 aliphatic heterocycles. The smallest absolute Gasteiger partial charge is 0.338 e. The number of carbonyl (C=O) groups is 2. The van der Waals surface area contributed by atoms with Crippen molar-refractivity contribution in [3.8, 4) is 11.3 Å². The van der Waals surface area contributed by atoms with Crippen molar-refractivity contribution in [1.82, 2.24) is 0 Å². The van der Waals surface area contributed by atoms with Gasteiger partial charge in [-0.25, -0.2) is 4.79 Å². The first kappa shape index (κ1) is 20.2. The summed E-state index contributed by atoms with van der Waals surface area (Å²) in [5.74, 6) is -0.152. The number of furan rings is 1. The first-order valence-electron chi connectivity index (χ1n) is 9.65. The fraction of sp³-hybridized carbons (Fsp3) is 0.217. The van der Waals surface area contributed by atoms with Crippen LogP contribution in [0.25, 0.3) is 11.3 Å². The highest BCUT2D eigenvalue weighted by atomic mass is 35.5. The molecule has 4 rings (SSSR count). The zero-order chi connectivity index (χ0) is 20.9. The maximum atomic E-state index is 12.5. The van der Waals surface area contributed by atoms with Crippen LogP contribution < -0.4 is 5.32 Å². The van der Waals surface area contributed by atoms with Gasteiger partial charge in [-0.2, -0.15) is 0 Å². The van der Waals surface area contributed by atoms with Crippen LogP contribution in [0.1, 0.15) is 33.8 Å². The number of benzene rings is 2. The van der Waals surface area contributed by atoms with Gasteiger partial charge in [0.2, 0.25) is 0 Å². The van der Waals surface area contributed by atoms with E-state index in [2.05, 4.69) is 5.32 Å². The Morgan fingerprint density at radius 3 is 2.60 bits per heavy atom. The largest absolute Gasteiger partial charge is 0.459 e. The molecule has 1 saturated heterocycles. The minimum Gasteiger partial charge on any atom is -0.459 e. The lowest BCUT2D eigenvalue weighted by Gasteiger charge is -2.10. The van der Waals surface area contributed by atoms with Gasteiger partial charge in [-0.3, -0.25) is 4.79 Å². The molecule has 0 radical (unpaired) electrons. The Balaban J connectivity index is 1.36. The van der Waals surface area contributed by atoms with Gasteiger partial charge in [0.15, 0.2) is 5.76 Å². The number of amides is 1. The Morgan fingerprint density at radius 1 is 1.07 bits per heavy atom. The third-order valence-electron chi connectivity index (χ3n) is 4.77. The van der Waals surface area contributed by atoms with Gasteiger partial charge in [-0.05, 0) is 61.4 Å². The predicted octanol–water partition coefficient (Wildman–Crippen LogP) is 5.19. The Labute approximate surface area is 178 Å². The average Bonchev–Trinajstić information content (AvgIpc) is 3.45.